The molecule has 0 aromatic carbocycles. The molecule has 1 unspecified atom stereocenters. The van der Waals surface area contributed by atoms with Crippen molar-refractivity contribution >= 4 is 11.9 Å². The van der Waals surface area contributed by atoms with Crippen molar-refractivity contribution in [2.75, 3.05) is 13.7 Å². The second-order valence-electron chi connectivity index (χ2n) is 4.43. The van der Waals surface area contributed by atoms with Crippen molar-refractivity contribution in [1.82, 2.24) is 15.1 Å². The molecular formula is C13H19N3O5. The lowest BCUT2D eigenvalue weighted by molar-refractivity contribution is -0.139. The number of methoxy groups -OCH3 is 1. The molecule has 0 spiro atoms. The molecule has 1 atom stereocenters. The van der Waals surface area contributed by atoms with Gasteiger partial charge in [-0.2, -0.15) is 5.10 Å². The lowest BCUT2D eigenvalue weighted by Crippen LogP contribution is -2.42. The Morgan fingerprint density at radius 3 is 2.76 bits per heavy atom. The third-order valence-electron chi connectivity index (χ3n) is 2.75. The number of ether oxygens (including phenoxy) is 1. The topological polar surface area (TPSA) is 111 Å². The number of carboxylic acid groups (broad SMARTS) is 1. The van der Waals surface area contributed by atoms with Crippen molar-refractivity contribution < 1.29 is 19.4 Å². The van der Waals surface area contributed by atoms with Crippen molar-refractivity contribution in [1.29, 1.82) is 0 Å². The van der Waals surface area contributed by atoms with E-state index in [0.717, 1.165) is 0 Å². The number of hydrogen-bond acceptors (Lipinski definition) is 5. The third kappa shape index (κ3) is 4.99. The minimum absolute atomic E-state index is 0.00622. The Balaban J connectivity index is 2.84. The molecule has 1 rings (SSSR count). The van der Waals surface area contributed by atoms with Gasteiger partial charge in [0.25, 0.3) is 11.5 Å². The molecule has 0 saturated heterocycles. The van der Waals surface area contributed by atoms with Gasteiger partial charge in [0.05, 0.1) is 0 Å². The van der Waals surface area contributed by atoms with Crippen LogP contribution in [-0.4, -0.2) is 46.5 Å². The molecule has 0 aliphatic rings. The van der Waals surface area contributed by atoms with Gasteiger partial charge in [-0.25, -0.2) is 9.48 Å². The number of carbonyl (C=O) groups excluding carboxylic acids is 1. The molecule has 21 heavy (non-hydrogen) atoms. The van der Waals surface area contributed by atoms with Crippen LogP contribution in [0.1, 0.15) is 30.3 Å². The third-order valence-corrected chi connectivity index (χ3v) is 2.75. The fraction of sp³-hybridized carbons (Fsp3) is 0.538. The normalized spacial score (nSPS) is 11.9. The average molecular weight is 297 g/mol. The SMILES string of the molecule is CCCn1nc(C(=O)NC(CCOC)C(=O)O)ccc1=O. The zero-order chi connectivity index (χ0) is 15.8. The number of aromatic nitrogens is 2. The van der Waals surface area contributed by atoms with Crippen LogP contribution < -0.4 is 10.9 Å². The smallest absolute Gasteiger partial charge is 0.326 e. The van der Waals surface area contributed by atoms with Crippen LogP contribution in [0.3, 0.4) is 0 Å². The van der Waals surface area contributed by atoms with Gasteiger partial charge in [0.1, 0.15) is 11.7 Å². The first-order chi connectivity index (χ1) is 9.99. The number of aliphatic carboxylic acids is 1. The van der Waals surface area contributed by atoms with Crippen LogP contribution in [0, 0.1) is 0 Å². The molecule has 8 nitrogen and oxygen atoms in total. The molecule has 0 aliphatic carbocycles. The van der Waals surface area contributed by atoms with Crippen LogP contribution in [0.5, 0.6) is 0 Å². The van der Waals surface area contributed by atoms with Gasteiger partial charge in [0.15, 0.2) is 0 Å². The lowest BCUT2D eigenvalue weighted by atomic mass is 10.2. The molecule has 116 valence electrons. The predicted octanol–water partition coefficient (Wildman–Crippen LogP) is -0.127. The maximum Gasteiger partial charge on any atom is 0.326 e. The summed E-state index contributed by atoms with van der Waals surface area (Å²) in [5.74, 6) is -1.79. The van der Waals surface area contributed by atoms with Crippen LogP contribution in [0.2, 0.25) is 0 Å². The molecule has 0 bridgehead atoms. The van der Waals surface area contributed by atoms with Gasteiger partial charge in [-0.15, -0.1) is 0 Å². The van der Waals surface area contributed by atoms with E-state index < -0.39 is 17.9 Å². The van der Waals surface area contributed by atoms with Crippen molar-refractivity contribution in [3.63, 3.8) is 0 Å². The molecule has 0 saturated carbocycles. The van der Waals surface area contributed by atoms with Crippen LogP contribution in [-0.2, 0) is 16.1 Å². The first-order valence-corrected chi connectivity index (χ1v) is 6.60. The number of rotatable bonds is 8. The fourth-order valence-electron chi connectivity index (χ4n) is 1.67. The minimum atomic E-state index is -1.15. The van der Waals surface area contributed by atoms with Crippen LogP contribution in [0.25, 0.3) is 0 Å². The van der Waals surface area contributed by atoms with E-state index in [2.05, 4.69) is 10.4 Å². The lowest BCUT2D eigenvalue weighted by Gasteiger charge is -2.14. The summed E-state index contributed by atoms with van der Waals surface area (Å²) in [6.45, 7) is 2.48. The highest BCUT2D eigenvalue weighted by atomic mass is 16.5. The van der Waals surface area contributed by atoms with Crippen molar-refractivity contribution in [2.24, 2.45) is 0 Å². The molecule has 0 fully saturated rings. The van der Waals surface area contributed by atoms with E-state index in [1.165, 1.54) is 23.9 Å². The Morgan fingerprint density at radius 1 is 1.48 bits per heavy atom. The van der Waals surface area contributed by atoms with E-state index in [0.29, 0.717) is 13.0 Å². The fourth-order valence-corrected chi connectivity index (χ4v) is 1.67. The van der Waals surface area contributed by atoms with Gasteiger partial charge in [-0.05, 0) is 12.5 Å². The Hall–Kier alpha value is -2.22. The van der Waals surface area contributed by atoms with E-state index in [9.17, 15) is 14.4 Å². The molecule has 1 heterocycles. The van der Waals surface area contributed by atoms with Gasteiger partial charge >= 0.3 is 5.97 Å². The Labute approximate surface area is 121 Å². The summed E-state index contributed by atoms with van der Waals surface area (Å²) >= 11 is 0. The number of carboxylic acids is 1. The molecule has 0 aliphatic heterocycles. The summed E-state index contributed by atoms with van der Waals surface area (Å²) in [7, 11) is 1.45. The molecule has 1 amide bonds. The summed E-state index contributed by atoms with van der Waals surface area (Å²) in [4.78, 5) is 34.6. The van der Waals surface area contributed by atoms with Gasteiger partial charge < -0.3 is 15.2 Å². The van der Waals surface area contributed by atoms with Crippen molar-refractivity contribution in [2.45, 2.75) is 32.4 Å². The Bertz CT molecular complexity index is 555. The summed E-state index contributed by atoms with van der Waals surface area (Å²) in [6, 6.07) is 1.45. The van der Waals surface area contributed by atoms with Crippen molar-refractivity contribution in [3.05, 3.63) is 28.2 Å². The summed E-state index contributed by atoms with van der Waals surface area (Å²) in [6.07, 6.45) is 0.843. The Kier molecular flexibility index (Phi) is 6.54. The van der Waals surface area contributed by atoms with Gasteiger partial charge in [0, 0.05) is 32.7 Å². The molecular weight excluding hydrogens is 278 g/mol. The number of nitrogens with zero attached hydrogens (tertiary/aromatic N) is 2. The van der Waals surface area contributed by atoms with Crippen LogP contribution in [0.4, 0.5) is 0 Å². The monoisotopic (exact) mass is 297 g/mol. The number of amides is 1. The standard InChI is InChI=1S/C13H19N3O5/c1-3-7-16-11(17)5-4-9(15-16)12(18)14-10(13(19)20)6-8-21-2/h4-5,10H,3,6-8H2,1-2H3,(H,14,18)(H,19,20). The zero-order valence-electron chi connectivity index (χ0n) is 12.0. The van der Waals surface area contributed by atoms with E-state index in [4.69, 9.17) is 9.84 Å². The van der Waals surface area contributed by atoms with E-state index in [1.807, 2.05) is 6.92 Å². The number of aryl methyl sites for hydroxylation is 1. The second-order valence-corrected chi connectivity index (χ2v) is 4.43. The molecule has 8 heteroatoms. The average Bonchev–Trinajstić information content (AvgIpc) is 2.45. The Morgan fingerprint density at radius 2 is 2.19 bits per heavy atom. The zero-order valence-corrected chi connectivity index (χ0v) is 12.0. The number of carbonyl (C=O) groups is 2. The van der Waals surface area contributed by atoms with E-state index in [1.54, 1.807) is 0 Å². The molecule has 1 aromatic heterocycles. The number of nitrogens with one attached hydrogen (secondary N) is 1. The second kappa shape index (κ2) is 8.15. The van der Waals surface area contributed by atoms with E-state index in [-0.39, 0.29) is 24.3 Å². The first-order valence-electron chi connectivity index (χ1n) is 6.60. The quantitative estimate of drug-likeness (QED) is 0.691. The highest BCUT2D eigenvalue weighted by molar-refractivity contribution is 5.94. The highest BCUT2D eigenvalue weighted by Crippen LogP contribution is 1.98. The molecule has 1 aromatic rings. The maximum absolute atomic E-state index is 12.0. The van der Waals surface area contributed by atoms with E-state index >= 15 is 0 Å². The summed E-state index contributed by atoms with van der Waals surface area (Å²) in [5.41, 5.74) is -0.297. The minimum Gasteiger partial charge on any atom is -0.480 e. The van der Waals surface area contributed by atoms with Gasteiger partial charge in [0.2, 0.25) is 0 Å². The molecule has 2 N–H and O–H groups in total. The van der Waals surface area contributed by atoms with Gasteiger partial charge in [-0.1, -0.05) is 6.92 Å². The van der Waals surface area contributed by atoms with Gasteiger partial charge in [-0.3, -0.25) is 9.59 Å². The first kappa shape index (κ1) is 16.8. The van der Waals surface area contributed by atoms with Crippen molar-refractivity contribution in [3.8, 4) is 0 Å². The summed E-state index contributed by atoms with van der Waals surface area (Å²) < 4.78 is 5.98. The molecule has 0 radical (unpaired) electrons. The largest absolute Gasteiger partial charge is 0.480 e. The van der Waals surface area contributed by atoms with Crippen LogP contribution >= 0.6 is 0 Å². The maximum atomic E-state index is 12.0. The number of hydrogen-bond donors (Lipinski definition) is 2. The van der Waals surface area contributed by atoms with Crippen LogP contribution in [0.15, 0.2) is 16.9 Å². The summed E-state index contributed by atoms with van der Waals surface area (Å²) in [5, 5.41) is 15.3. The highest BCUT2D eigenvalue weighted by Gasteiger charge is 2.21. The predicted molar refractivity (Wildman–Crippen MR) is 74.2 cm³/mol.